The number of aliphatic hydroxyl groups is 1. The van der Waals surface area contributed by atoms with Gasteiger partial charge in [0.25, 0.3) is 0 Å². The Morgan fingerprint density at radius 2 is 1.62 bits per heavy atom. The van der Waals surface area contributed by atoms with Crippen molar-refractivity contribution in [1.82, 2.24) is 0 Å². The van der Waals surface area contributed by atoms with Crippen LogP contribution in [0.3, 0.4) is 0 Å². The van der Waals surface area contributed by atoms with Gasteiger partial charge in [-0.3, -0.25) is 4.79 Å². The SMILES string of the molecule is Cc1cc(C2CC2)cc(C)c1C1=C(O)C2CCCC2C1=O. The molecule has 2 nitrogen and oxygen atoms in total. The maximum atomic E-state index is 12.7. The van der Waals surface area contributed by atoms with Gasteiger partial charge in [-0.2, -0.15) is 0 Å². The number of carbonyl (C=O) groups is 1. The summed E-state index contributed by atoms with van der Waals surface area (Å²) in [6.45, 7) is 4.16. The molecule has 110 valence electrons. The molecule has 2 fully saturated rings. The highest BCUT2D eigenvalue weighted by Crippen LogP contribution is 2.49. The molecule has 0 aliphatic heterocycles. The quantitative estimate of drug-likeness (QED) is 0.870. The second-order valence-electron chi connectivity index (χ2n) is 7.07. The summed E-state index contributed by atoms with van der Waals surface area (Å²) in [6, 6.07) is 4.45. The molecule has 1 aromatic carbocycles. The Balaban J connectivity index is 1.83. The maximum absolute atomic E-state index is 12.7. The number of aliphatic hydroxyl groups excluding tert-OH is 1. The highest BCUT2D eigenvalue weighted by molar-refractivity contribution is 6.25. The molecule has 0 radical (unpaired) electrons. The van der Waals surface area contributed by atoms with Crippen LogP contribution in [-0.4, -0.2) is 10.9 Å². The summed E-state index contributed by atoms with van der Waals surface area (Å²) >= 11 is 0. The van der Waals surface area contributed by atoms with Gasteiger partial charge in [-0.05, 0) is 67.7 Å². The van der Waals surface area contributed by atoms with Crippen LogP contribution in [0.15, 0.2) is 17.9 Å². The molecule has 4 rings (SSSR count). The third kappa shape index (κ3) is 1.88. The number of hydrogen-bond donors (Lipinski definition) is 1. The number of aryl methyl sites for hydroxylation is 2. The molecule has 2 heteroatoms. The zero-order chi connectivity index (χ0) is 14.7. The number of benzene rings is 1. The first-order valence-corrected chi connectivity index (χ1v) is 8.16. The summed E-state index contributed by atoms with van der Waals surface area (Å²) < 4.78 is 0. The van der Waals surface area contributed by atoms with Crippen LogP contribution in [0.4, 0.5) is 0 Å². The van der Waals surface area contributed by atoms with E-state index >= 15 is 0 Å². The summed E-state index contributed by atoms with van der Waals surface area (Å²) in [5.74, 6) is 1.40. The Morgan fingerprint density at radius 1 is 1.00 bits per heavy atom. The molecule has 1 aromatic rings. The van der Waals surface area contributed by atoms with Gasteiger partial charge in [0.05, 0.1) is 5.57 Å². The Labute approximate surface area is 125 Å². The molecule has 21 heavy (non-hydrogen) atoms. The van der Waals surface area contributed by atoms with E-state index in [1.54, 1.807) is 0 Å². The Morgan fingerprint density at radius 3 is 2.19 bits per heavy atom. The standard InChI is InChI=1S/C19H22O2/c1-10-8-13(12-6-7-12)9-11(2)16(10)17-18(20)14-4-3-5-15(14)19(17)21/h8-9,12,14-15,20H,3-7H2,1-2H3. The Bertz CT molecular complexity index is 641. The third-order valence-electron chi connectivity index (χ3n) is 5.56. The fraction of sp³-hybridized carbons (Fsp3) is 0.526. The molecule has 0 spiro atoms. The van der Waals surface area contributed by atoms with Crippen LogP contribution < -0.4 is 0 Å². The number of hydrogen-bond acceptors (Lipinski definition) is 2. The normalized spacial score (nSPS) is 28.4. The van der Waals surface area contributed by atoms with Crippen molar-refractivity contribution in [2.24, 2.45) is 11.8 Å². The monoisotopic (exact) mass is 282 g/mol. The van der Waals surface area contributed by atoms with Crippen LogP contribution in [0.25, 0.3) is 5.57 Å². The van der Waals surface area contributed by atoms with Gasteiger partial charge < -0.3 is 5.11 Å². The first-order valence-electron chi connectivity index (χ1n) is 8.16. The van der Waals surface area contributed by atoms with Crippen LogP contribution >= 0.6 is 0 Å². The van der Waals surface area contributed by atoms with Gasteiger partial charge in [-0.25, -0.2) is 0 Å². The third-order valence-corrected chi connectivity index (χ3v) is 5.56. The van der Waals surface area contributed by atoms with E-state index in [1.165, 1.54) is 18.4 Å². The van der Waals surface area contributed by atoms with E-state index in [0.717, 1.165) is 41.9 Å². The van der Waals surface area contributed by atoms with Gasteiger partial charge in [0.1, 0.15) is 5.76 Å². The van der Waals surface area contributed by atoms with Crippen LogP contribution in [0, 0.1) is 25.7 Å². The second-order valence-corrected chi connectivity index (χ2v) is 7.07. The first-order chi connectivity index (χ1) is 10.1. The van der Waals surface area contributed by atoms with E-state index < -0.39 is 0 Å². The topological polar surface area (TPSA) is 37.3 Å². The molecular weight excluding hydrogens is 260 g/mol. The van der Waals surface area contributed by atoms with Crippen LogP contribution in [0.5, 0.6) is 0 Å². The summed E-state index contributed by atoms with van der Waals surface area (Å²) in [7, 11) is 0. The van der Waals surface area contributed by atoms with Crippen molar-refractivity contribution in [2.45, 2.75) is 51.9 Å². The zero-order valence-electron chi connectivity index (χ0n) is 12.8. The molecule has 2 atom stereocenters. The Hall–Kier alpha value is -1.57. The molecule has 0 aromatic heterocycles. The molecule has 2 saturated carbocycles. The minimum absolute atomic E-state index is 0.0434. The second kappa shape index (κ2) is 4.46. The van der Waals surface area contributed by atoms with E-state index in [1.807, 2.05) is 0 Å². The molecule has 0 amide bonds. The molecule has 3 aliphatic rings. The highest BCUT2D eigenvalue weighted by atomic mass is 16.3. The number of fused-ring (bicyclic) bond motifs is 1. The predicted octanol–water partition coefficient (Wildman–Crippen LogP) is 4.45. The fourth-order valence-corrected chi connectivity index (χ4v) is 4.39. The van der Waals surface area contributed by atoms with Gasteiger partial charge in [0.2, 0.25) is 0 Å². The molecule has 0 bridgehead atoms. The summed E-state index contributed by atoms with van der Waals surface area (Å²) in [4.78, 5) is 12.7. The average molecular weight is 282 g/mol. The zero-order valence-corrected chi connectivity index (χ0v) is 12.8. The molecule has 3 aliphatic carbocycles. The van der Waals surface area contributed by atoms with Gasteiger partial charge >= 0.3 is 0 Å². The van der Waals surface area contributed by atoms with Gasteiger partial charge in [0, 0.05) is 11.8 Å². The van der Waals surface area contributed by atoms with Crippen molar-refractivity contribution < 1.29 is 9.90 Å². The molecule has 0 heterocycles. The lowest BCUT2D eigenvalue weighted by Gasteiger charge is -2.14. The van der Waals surface area contributed by atoms with Crippen LogP contribution in [0.2, 0.25) is 0 Å². The molecule has 1 N–H and O–H groups in total. The smallest absolute Gasteiger partial charge is 0.170 e. The number of carbonyl (C=O) groups excluding carboxylic acids is 1. The molecular formula is C19H22O2. The van der Waals surface area contributed by atoms with Gasteiger partial charge in [0.15, 0.2) is 5.78 Å². The number of rotatable bonds is 2. The average Bonchev–Trinajstić information content (AvgIpc) is 3.13. The first kappa shape index (κ1) is 13.1. The fourth-order valence-electron chi connectivity index (χ4n) is 4.39. The van der Waals surface area contributed by atoms with Crippen molar-refractivity contribution in [3.63, 3.8) is 0 Å². The van der Waals surface area contributed by atoms with Gasteiger partial charge in [-0.15, -0.1) is 0 Å². The van der Waals surface area contributed by atoms with Crippen molar-refractivity contribution >= 4 is 11.4 Å². The lowest BCUT2D eigenvalue weighted by Crippen LogP contribution is -2.12. The lowest BCUT2D eigenvalue weighted by molar-refractivity contribution is -0.117. The lowest BCUT2D eigenvalue weighted by atomic mass is 9.89. The molecule has 2 unspecified atom stereocenters. The Kier molecular flexibility index (Phi) is 2.79. The van der Waals surface area contributed by atoms with E-state index in [-0.39, 0.29) is 17.6 Å². The number of ketones is 1. The van der Waals surface area contributed by atoms with Crippen molar-refractivity contribution in [3.05, 3.63) is 40.1 Å². The minimum atomic E-state index is 0.0434. The van der Waals surface area contributed by atoms with Crippen molar-refractivity contribution in [3.8, 4) is 0 Å². The van der Waals surface area contributed by atoms with Crippen LogP contribution in [0.1, 0.15) is 60.3 Å². The highest BCUT2D eigenvalue weighted by Gasteiger charge is 2.45. The van der Waals surface area contributed by atoms with E-state index in [2.05, 4.69) is 26.0 Å². The largest absolute Gasteiger partial charge is 0.511 e. The van der Waals surface area contributed by atoms with Crippen LogP contribution in [-0.2, 0) is 4.79 Å². The van der Waals surface area contributed by atoms with Gasteiger partial charge in [-0.1, -0.05) is 18.6 Å². The summed E-state index contributed by atoms with van der Waals surface area (Å²) in [5.41, 5.74) is 5.32. The number of allylic oxidation sites excluding steroid dienone is 2. The maximum Gasteiger partial charge on any atom is 0.170 e. The number of Topliss-reactive ketones (excluding diaryl/α,β-unsaturated/α-hetero) is 1. The minimum Gasteiger partial charge on any atom is -0.511 e. The van der Waals surface area contributed by atoms with E-state index in [0.29, 0.717) is 11.3 Å². The summed E-state index contributed by atoms with van der Waals surface area (Å²) in [6.07, 6.45) is 5.54. The predicted molar refractivity (Wildman–Crippen MR) is 83.3 cm³/mol. The van der Waals surface area contributed by atoms with E-state index in [9.17, 15) is 9.90 Å². The molecule has 0 saturated heterocycles. The van der Waals surface area contributed by atoms with Crippen molar-refractivity contribution in [1.29, 1.82) is 0 Å². The van der Waals surface area contributed by atoms with Crippen molar-refractivity contribution in [2.75, 3.05) is 0 Å². The van der Waals surface area contributed by atoms with E-state index in [4.69, 9.17) is 0 Å². The summed E-state index contributed by atoms with van der Waals surface area (Å²) in [5, 5.41) is 10.6.